The van der Waals surface area contributed by atoms with Crippen LogP contribution in [0.5, 0.6) is 0 Å². The van der Waals surface area contributed by atoms with E-state index in [1.165, 1.54) is 33.8 Å². The molecule has 1 fully saturated rings. The number of hydrogen-bond donors (Lipinski definition) is 4. The number of aromatic nitrogens is 1. The molecule has 0 aliphatic carbocycles. The number of fused-ring (bicyclic) bond motifs is 1. The molecule has 156 valence electrons. The lowest BCUT2D eigenvalue weighted by Gasteiger charge is -2.36. The van der Waals surface area contributed by atoms with Crippen LogP contribution in [0.4, 0.5) is 0 Å². The van der Waals surface area contributed by atoms with Crippen LogP contribution >= 0.6 is 0 Å². The highest BCUT2D eigenvalue weighted by molar-refractivity contribution is 5.90. The molecule has 1 amide bonds. The third-order valence-corrected chi connectivity index (χ3v) is 5.89. The topological polar surface area (TPSA) is 80.4 Å². The quantitative estimate of drug-likeness (QED) is 0.289. The number of piperazine rings is 1. The van der Waals surface area contributed by atoms with Gasteiger partial charge in [-0.15, -0.1) is 0 Å². The van der Waals surface area contributed by atoms with Gasteiger partial charge in [-0.2, -0.15) is 0 Å². The molecule has 0 spiro atoms. The molecule has 1 unspecified atom stereocenters. The van der Waals surface area contributed by atoms with Gasteiger partial charge in [0.25, 0.3) is 5.91 Å². The van der Waals surface area contributed by atoms with Gasteiger partial charge >= 0.3 is 0 Å². The summed E-state index contributed by atoms with van der Waals surface area (Å²) in [5.74, 6) is -0.533. The normalized spacial score (nSPS) is 17.6. The van der Waals surface area contributed by atoms with Crippen LogP contribution in [0, 0.1) is 6.92 Å². The molecule has 4 N–H and O–H groups in total. The Morgan fingerprint density at radius 1 is 1.23 bits per heavy atom. The smallest absolute Gasteiger partial charge is 0.267 e. The fourth-order valence-corrected chi connectivity index (χ4v) is 4.29. The minimum Gasteiger partial charge on any atom is -0.358 e. The lowest BCUT2D eigenvalue weighted by molar-refractivity contribution is -0.124. The number of rotatable bonds is 6. The van der Waals surface area contributed by atoms with Crippen LogP contribution in [0.15, 0.2) is 54.6 Å². The predicted molar refractivity (Wildman–Crippen MR) is 119 cm³/mol. The van der Waals surface area contributed by atoms with Crippen molar-refractivity contribution in [3.05, 3.63) is 77.0 Å². The van der Waals surface area contributed by atoms with Gasteiger partial charge in [-0.3, -0.25) is 14.9 Å². The Balaban J connectivity index is 1.47. The van der Waals surface area contributed by atoms with Gasteiger partial charge in [0.05, 0.1) is 0 Å². The van der Waals surface area contributed by atoms with Gasteiger partial charge in [0.1, 0.15) is 0 Å². The van der Waals surface area contributed by atoms with Crippen LogP contribution in [-0.2, 0) is 11.2 Å². The molecule has 0 saturated carbocycles. The second-order valence-corrected chi connectivity index (χ2v) is 7.76. The standard InChI is InChI=1S/C24H28N4O2/c1-17-20(21-4-2-3-5-22(21)26-17)12-14-28-15-13-25-16-23(28)19-9-6-18(7-10-19)8-11-24(29)27-30/h2-11,23,25-26,30H,12-16H2,1H3,(H,27,29). The summed E-state index contributed by atoms with van der Waals surface area (Å²) in [7, 11) is 0. The fraction of sp³-hybridized carbons (Fsp3) is 0.292. The first-order chi connectivity index (χ1) is 14.7. The van der Waals surface area contributed by atoms with Crippen molar-refractivity contribution in [1.29, 1.82) is 0 Å². The third kappa shape index (κ3) is 4.46. The molecule has 2 aromatic carbocycles. The van der Waals surface area contributed by atoms with E-state index in [0.717, 1.165) is 38.2 Å². The molecule has 1 aliphatic heterocycles. The van der Waals surface area contributed by atoms with E-state index in [2.05, 4.69) is 58.5 Å². The Kier molecular flexibility index (Phi) is 6.28. The van der Waals surface area contributed by atoms with Crippen LogP contribution in [0.3, 0.4) is 0 Å². The maximum atomic E-state index is 11.2. The van der Waals surface area contributed by atoms with Gasteiger partial charge in [-0.1, -0.05) is 42.5 Å². The van der Waals surface area contributed by atoms with Gasteiger partial charge < -0.3 is 10.3 Å². The summed E-state index contributed by atoms with van der Waals surface area (Å²) < 4.78 is 0. The molecule has 1 saturated heterocycles. The van der Waals surface area contributed by atoms with Gasteiger partial charge in [0, 0.05) is 54.9 Å². The molecule has 0 radical (unpaired) electrons. The number of hydrogen-bond acceptors (Lipinski definition) is 4. The van der Waals surface area contributed by atoms with Crippen LogP contribution in [0.1, 0.15) is 28.4 Å². The number of nitrogens with zero attached hydrogens (tertiary/aromatic N) is 1. The number of hydroxylamine groups is 1. The predicted octanol–water partition coefficient (Wildman–Crippen LogP) is 3.18. The average molecular weight is 405 g/mol. The Morgan fingerprint density at radius 3 is 2.83 bits per heavy atom. The van der Waals surface area contributed by atoms with Gasteiger partial charge in [-0.25, -0.2) is 5.48 Å². The van der Waals surface area contributed by atoms with E-state index in [-0.39, 0.29) is 0 Å². The number of benzene rings is 2. The Hall–Kier alpha value is -2.93. The summed E-state index contributed by atoms with van der Waals surface area (Å²) in [6.07, 6.45) is 4.02. The SMILES string of the molecule is Cc1[nH]c2ccccc2c1CCN1CCNCC1c1ccc(C=CC(=O)NO)cc1. The van der Waals surface area contributed by atoms with Gasteiger partial charge in [0.2, 0.25) is 0 Å². The van der Waals surface area contributed by atoms with E-state index in [1.54, 1.807) is 11.6 Å². The van der Waals surface area contributed by atoms with Crippen LogP contribution in [0.25, 0.3) is 17.0 Å². The Labute approximate surface area is 176 Å². The van der Waals surface area contributed by atoms with E-state index < -0.39 is 5.91 Å². The highest BCUT2D eigenvalue weighted by Gasteiger charge is 2.24. The zero-order chi connectivity index (χ0) is 20.9. The zero-order valence-electron chi connectivity index (χ0n) is 17.2. The number of aryl methyl sites for hydroxylation is 1. The number of carbonyl (C=O) groups excluding carboxylic acids is 1. The molecule has 4 rings (SSSR count). The highest BCUT2D eigenvalue weighted by atomic mass is 16.5. The van der Waals surface area contributed by atoms with Crippen molar-refractivity contribution in [3.8, 4) is 0 Å². The molecular weight excluding hydrogens is 376 g/mol. The molecule has 1 aromatic heterocycles. The molecule has 1 atom stereocenters. The molecule has 30 heavy (non-hydrogen) atoms. The average Bonchev–Trinajstić information content (AvgIpc) is 3.11. The third-order valence-electron chi connectivity index (χ3n) is 5.89. The molecular formula is C24H28N4O2. The summed E-state index contributed by atoms with van der Waals surface area (Å²) in [4.78, 5) is 17.2. The zero-order valence-corrected chi connectivity index (χ0v) is 17.2. The first kappa shape index (κ1) is 20.3. The molecule has 2 heterocycles. The monoisotopic (exact) mass is 404 g/mol. The molecule has 1 aliphatic rings. The molecule has 0 bridgehead atoms. The Morgan fingerprint density at radius 2 is 2.03 bits per heavy atom. The van der Waals surface area contributed by atoms with Crippen molar-refractivity contribution in [2.24, 2.45) is 0 Å². The van der Waals surface area contributed by atoms with Crippen molar-refractivity contribution in [2.45, 2.75) is 19.4 Å². The largest absolute Gasteiger partial charge is 0.358 e. The lowest BCUT2D eigenvalue weighted by atomic mass is 10.00. The minimum absolute atomic E-state index is 0.322. The Bertz CT molecular complexity index is 1040. The van der Waals surface area contributed by atoms with Gasteiger partial charge in [-0.05, 0) is 42.2 Å². The van der Waals surface area contributed by atoms with Crippen molar-refractivity contribution >= 4 is 22.9 Å². The number of amides is 1. The van der Waals surface area contributed by atoms with Crippen LogP contribution in [0.2, 0.25) is 0 Å². The van der Waals surface area contributed by atoms with Crippen LogP contribution < -0.4 is 10.8 Å². The van der Waals surface area contributed by atoms with Crippen molar-refractivity contribution in [3.63, 3.8) is 0 Å². The number of aromatic amines is 1. The lowest BCUT2D eigenvalue weighted by Crippen LogP contribution is -2.46. The van der Waals surface area contributed by atoms with Crippen molar-refractivity contribution < 1.29 is 10.0 Å². The van der Waals surface area contributed by atoms with E-state index in [4.69, 9.17) is 5.21 Å². The van der Waals surface area contributed by atoms with E-state index in [1.807, 2.05) is 12.1 Å². The minimum atomic E-state index is -0.533. The summed E-state index contributed by atoms with van der Waals surface area (Å²) in [5.41, 5.74) is 7.66. The van der Waals surface area contributed by atoms with Crippen LogP contribution in [-0.4, -0.2) is 47.2 Å². The molecule has 6 heteroatoms. The maximum Gasteiger partial charge on any atom is 0.267 e. The van der Waals surface area contributed by atoms with Crippen molar-refractivity contribution in [2.75, 3.05) is 26.2 Å². The van der Waals surface area contributed by atoms with E-state index in [0.29, 0.717) is 6.04 Å². The number of nitrogens with one attached hydrogen (secondary N) is 3. The first-order valence-electron chi connectivity index (χ1n) is 10.4. The second-order valence-electron chi connectivity index (χ2n) is 7.76. The maximum absolute atomic E-state index is 11.2. The van der Waals surface area contributed by atoms with Crippen molar-refractivity contribution in [1.82, 2.24) is 20.7 Å². The number of H-pyrrole nitrogens is 1. The van der Waals surface area contributed by atoms with E-state index in [9.17, 15) is 4.79 Å². The number of carbonyl (C=O) groups is 1. The summed E-state index contributed by atoms with van der Waals surface area (Å²) in [6.45, 7) is 6.11. The number of para-hydroxylation sites is 1. The summed E-state index contributed by atoms with van der Waals surface area (Å²) in [6, 6.07) is 17.1. The summed E-state index contributed by atoms with van der Waals surface area (Å²) >= 11 is 0. The van der Waals surface area contributed by atoms with E-state index >= 15 is 0 Å². The summed E-state index contributed by atoms with van der Waals surface area (Å²) in [5, 5.41) is 13.4. The molecule has 6 nitrogen and oxygen atoms in total. The second kappa shape index (κ2) is 9.26. The fourth-order valence-electron chi connectivity index (χ4n) is 4.29. The van der Waals surface area contributed by atoms with Gasteiger partial charge in [0.15, 0.2) is 0 Å². The first-order valence-corrected chi connectivity index (χ1v) is 10.4. The molecule has 3 aromatic rings. The highest BCUT2D eigenvalue weighted by Crippen LogP contribution is 2.26.